The van der Waals surface area contributed by atoms with Gasteiger partial charge in [0.1, 0.15) is 41.3 Å². The highest BCUT2D eigenvalue weighted by Crippen LogP contribution is 2.35. The van der Waals surface area contributed by atoms with E-state index in [9.17, 15) is 24.0 Å². The molecule has 3 aliphatic rings. The molecule has 1 aromatic heterocycles. The number of nitrogens with zero attached hydrogens (tertiary/aromatic N) is 2. The van der Waals surface area contributed by atoms with Crippen molar-refractivity contribution in [1.29, 1.82) is 0 Å². The molecule has 0 bridgehead atoms. The molecule has 3 N–H and O–H groups in total. The number of halogens is 2. The summed E-state index contributed by atoms with van der Waals surface area (Å²) in [5, 5.41) is 7.69. The lowest BCUT2D eigenvalue weighted by atomic mass is 9.80. The Hall–Kier alpha value is -4.02. The SMILES string of the molecule is CC(NC(=O)C(OC(=O)C1(C=Cc2ccc3ccc(C(C)NC(=O)OC(C)(C)C)nc3c2)COCOC1)C1CCC1)C(=O)N1CCCC(C(=O)OCC(Cl)Cl)N1. The van der Waals surface area contributed by atoms with Crippen LogP contribution in [-0.2, 0) is 42.9 Å². The van der Waals surface area contributed by atoms with E-state index in [-0.39, 0.29) is 32.5 Å². The molecule has 3 heterocycles. The number of esters is 2. The van der Waals surface area contributed by atoms with Gasteiger partial charge in [-0.1, -0.05) is 36.8 Å². The lowest BCUT2D eigenvalue weighted by molar-refractivity contribution is -0.194. The quantitative estimate of drug-likeness (QED) is 0.142. The molecule has 2 aromatic rings. The Bertz CT molecular complexity index is 1780. The third kappa shape index (κ3) is 11.5. The standard InChI is InChI=1S/C39H51Cl2N5O10/c1-23(43-37(51)56-38(3,4)5)28-14-13-26-12-11-25(18-30(26)44-28)15-16-39(20-52-22-53-21-39)36(50)55-32(27-8-6-9-27)33(47)42-24(2)34(48)46-17-7-10-29(45-46)35(49)54-19-31(40)41/h11-16,18,23-24,27,29,31-32,45H,6-10,17,19-22H2,1-5H3,(H,42,47)(H,43,51). The fourth-order valence-electron chi connectivity index (χ4n) is 6.43. The van der Waals surface area contributed by atoms with Gasteiger partial charge in [0.2, 0.25) is 0 Å². The van der Waals surface area contributed by atoms with Gasteiger partial charge in [-0.05, 0) is 78.0 Å². The molecule has 3 amide bonds. The van der Waals surface area contributed by atoms with E-state index in [2.05, 4.69) is 16.1 Å². The maximum Gasteiger partial charge on any atom is 0.408 e. The van der Waals surface area contributed by atoms with Crippen LogP contribution >= 0.6 is 23.2 Å². The highest BCUT2D eigenvalue weighted by molar-refractivity contribution is 6.44. The lowest BCUT2D eigenvalue weighted by Gasteiger charge is -2.37. The van der Waals surface area contributed by atoms with Gasteiger partial charge in [-0.25, -0.2) is 10.2 Å². The summed E-state index contributed by atoms with van der Waals surface area (Å²) in [4.78, 5) is 69.9. The zero-order valence-corrected chi connectivity index (χ0v) is 33.8. The summed E-state index contributed by atoms with van der Waals surface area (Å²) < 4.78 is 27.7. The van der Waals surface area contributed by atoms with Gasteiger partial charge >= 0.3 is 18.0 Å². The van der Waals surface area contributed by atoms with Crippen LogP contribution in [-0.4, -0.2) is 102 Å². The minimum atomic E-state index is -1.37. The van der Waals surface area contributed by atoms with E-state index < -0.39 is 69.9 Å². The summed E-state index contributed by atoms with van der Waals surface area (Å²) in [5.41, 5.74) is 2.91. The Morgan fingerprint density at radius 3 is 2.41 bits per heavy atom. The van der Waals surface area contributed by atoms with Crippen molar-refractivity contribution < 1.29 is 47.7 Å². The fourth-order valence-corrected chi connectivity index (χ4v) is 6.56. The van der Waals surface area contributed by atoms with Crippen molar-refractivity contribution in [3.63, 3.8) is 0 Å². The zero-order valence-electron chi connectivity index (χ0n) is 32.3. The summed E-state index contributed by atoms with van der Waals surface area (Å²) in [5.74, 6) is -2.59. The average Bonchev–Trinajstić information content (AvgIpc) is 3.13. The minimum Gasteiger partial charge on any atom is -0.462 e. The third-order valence-corrected chi connectivity index (χ3v) is 9.94. The van der Waals surface area contributed by atoms with Crippen molar-refractivity contribution in [1.82, 2.24) is 26.1 Å². The zero-order chi connectivity index (χ0) is 40.6. The molecule has 15 nitrogen and oxygen atoms in total. The van der Waals surface area contributed by atoms with Gasteiger partial charge in [-0.2, -0.15) is 0 Å². The van der Waals surface area contributed by atoms with E-state index in [0.717, 1.165) is 17.4 Å². The molecule has 0 spiro atoms. The van der Waals surface area contributed by atoms with Gasteiger partial charge < -0.3 is 34.3 Å². The van der Waals surface area contributed by atoms with Crippen molar-refractivity contribution in [2.75, 3.05) is 33.2 Å². The third-order valence-electron chi connectivity index (χ3n) is 9.69. The Kier molecular flexibility index (Phi) is 14.6. The molecule has 56 heavy (non-hydrogen) atoms. The molecule has 17 heteroatoms. The predicted molar refractivity (Wildman–Crippen MR) is 207 cm³/mol. The number of alkyl halides is 2. The van der Waals surface area contributed by atoms with Crippen LogP contribution in [0.15, 0.2) is 36.4 Å². The van der Waals surface area contributed by atoms with Crippen LogP contribution in [0, 0.1) is 11.3 Å². The molecule has 1 saturated carbocycles. The largest absolute Gasteiger partial charge is 0.462 e. The molecule has 0 radical (unpaired) electrons. The normalized spacial score (nSPS) is 20.4. The smallest absolute Gasteiger partial charge is 0.408 e. The molecule has 4 atom stereocenters. The number of carbonyl (C=O) groups excluding carboxylic acids is 5. The maximum atomic E-state index is 14.1. The molecular formula is C39H51Cl2N5O10. The minimum absolute atomic E-state index is 0.00370. The first-order chi connectivity index (χ1) is 26.5. The van der Waals surface area contributed by atoms with Crippen molar-refractivity contribution in [2.45, 2.75) is 101 Å². The van der Waals surface area contributed by atoms with Crippen molar-refractivity contribution in [2.24, 2.45) is 11.3 Å². The molecule has 2 saturated heterocycles. The first-order valence-electron chi connectivity index (χ1n) is 18.8. The second kappa shape index (κ2) is 18.9. The maximum absolute atomic E-state index is 14.1. The Morgan fingerprint density at radius 1 is 1.04 bits per heavy atom. The molecule has 2 aliphatic heterocycles. The van der Waals surface area contributed by atoms with E-state index in [1.165, 1.54) is 11.9 Å². The van der Waals surface area contributed by atoms with Crippen molar-refractivity contribution in [3.05, 3.63) is 47.7 Å². The Balaban J connectivity index is 1.26. The number of alkyl carbamates (subject to hydrolysis) is 1. The summed E-state index contributed by atoms with van der Waals surface area (Å²) in [6.45, 7) is 8.77. The van der Waals surface area contributed by atoms with Crippen LogP contribution in [0.4, 0.5) is 4.79 Å². The number of carbonyl (C=O) groups is 5. The van der Waals surface area contributed by atoms with Crippen LogP contribution in [0.2, 0.25) is 0 Å². The summed E-state index contributed by atoms with van der Waals surface area (Å²) >= 11 is 11.3. The van der Waals surface area contributed by atoms with E-state index in [1.807, 2.05) is 37.3 Å². The van der Waals surface area contributed by atoms with Gasteiger partial charge in [-0.3, -0.25) is 29.2 Å². The van der Waals surface area contributed by atoms with Crippen LogP contribution < -0.4 is 16.1 Å². The number of benzene rings is 1. The number of aromatic nitrogens is 1. The Labute approximate surface area is 336 Å². The summed E-state index contributed by atoms with van der Waals surface area (Å²) in [6, 6.07) is 7.19. The highest BCUT2D eigenvalue weighted by atomic mass is 35.5. The van der Waals surface area contributed by atoms with Gasteiger partial charge in [0.05, 0.1) is 30.5 Å². The van der Waals surface area contributed by atoms with E-state index in [1.54, 1.807) is 32.9 Å². The van der Waals surface area contributed by atoms with Crippen molar-refractivity contribution in [3.8, 4) is 0 Å². The Morgan fingerprint density at radius 2 is 1.75 bits per heavy atom. The van der Waals surface area contributed by atoms with Gasteiger partial charge in [0.25, 0.3) is 11.8 Å². The van der Waals surface area contributed by atoms with Crippen LogP contribution in [0.1, 0.15) is 84.0 Å². The molecule has 5 rings (SSSR count). The number of hydrogen-bond acceptors (Lipinski definition) is 12. The number of ether oxygens (including phenoxy) is 5. The molecule has 306 valence electrons. The van der Waals surface area contributed by atoms with Gasteiger partial charge in [0.15, 0.2) is 6.10 Å². The molecule has 1 aromatic carbocycles. The topological polar surface area (TPSA) is 184 Å². The number of fused-ring (bicyclic) bond motifs is 1. The van der Waals surface area contributed by atoms with Crippen LogP contribution in [0.5, 0.6) is 0 Å². The van der Waals surface area contributed by atoms with Crippen LogP contribution in [0.3, 0.4) is 0 Å². The van der Waals surface area contributed by atoms with Gasteiger partial charge in [0, 0.05) is 17.8 Å². The number of hydrogen-bond donors (Lipinski definition) is 3. The number of amides is 3. The van der Waals surface area contributed by atoms with Crippen molar-refractivity contribution >= 4 is 70.0 Å². The predicted octanol–water partition coefficient (Wildman–Crippen LogP) is 4.88. The number of rotatable bonds is 13. The monoisotopic (exact) mass is 819 g/mol. The summed E-state index contributed by atoms with van der Waals surface area (Å²) in [7, 11) is 0. The number of nitrogens with one attached hydrogen (secondary N) is 3. The summed E-state index contributed by atoms with van der Waals surface area (Å²) in [6.07, 6.45) is 4.89. The van der Waals surface area contributed by atoms with E-state index in [0.29, 0.717) is 43.4 Å². The second-order valence-electron chi connectivity index (χ2n) is 15.4. The number of pyridine rings is 1. The molecule has 1 aliphatic carbocycles. The first kappa shape index (κ1) is 43.1. The molecular weight excluding hydrogens is 769 g/mol. The van der Waals surface area contributed by atoms with E-state index >= 15 is 0 Å². The fraction of sp³-hybridized carbons (Fsp3) is 0.590. The molecule has 4 unspecified atom stereocenters. The highest BCUT2D eigenvalue weighted by Gasteiger charge is 2.45. The van der Waals surface area contributed by atoms with E-state index in [4.69, 9.17) is 51.9 Å². The molecule has 3 fully saturated rings. The number of hydrazine groups is 1. The van der Waals surface area contributed by atoms with Crippen LogP contribution in [0.25, 0.3) is 17.0 Å². The second-order valence-corrected chi connectivity index (χ2v) is 16.7. The first-order valence-corrected chi connectivity index (χ1v) is 19.7. The average molecular weight is 821 g/mol. The van der Waals surface area contributed by atoms with Gasteiger partial charge in [-0.15, -0.1) is 23.2 Å². The lowest BCUT2D eigenvalue weighted by Crippen LogP contribution is -2.60.